The molecule has 2 heterocycles. The van der Waals surface area contributed by atoms with E-state index in [0.717, 1.165) is 24.2 Å². The van der Waals surface area contributed by atoms with Crippen LogP contribution in [0.5, 0.6) is 5.75 Å². The lowest BCUT2D eigenvalue weighted by atomic mass is 10.2. The standard InChI is InChI=1S/C15H15N5O3S/c1-22-11-4-2-3-9(7-11)13-16-12(23-19-13)8-24-15-18-17-14(21)20(15)10-5-6-10/h2-4,7,10H,5-6,8H2,1H3,(H,17,21). The summed E-state index contributed by atoms with van der Waals surface area (Å²) in [6, 6.07) is 7.74. The number of rotatable bonds is 6. The van der Waals surface area contributed by atoms with Gasteiger partial charge in [-0.05, 0) is 25.0 Å². The van der Waals surface area contributed by atoms with Crippen molar-refractivity contribution in [1.82, 2.24) is 24.9 Å². The van der Waals surface area contributed by atoms with Crippen LogP contribution < -0.4 is 10.4 Å². The molecule has 0 bridgehead atoms. The fraction of sp³-hybridized carbons (Fsp3) is 0.333. The second kappa shape index (κ2) is 6.16. The summed E-state index contributed by atoms with van der Waals surface area (Å²) < 4.78 is 12.2. The summed E-state index contributed by atoms with van der Waals surface area (Å²) in [6.07, 6.45) is 2.04. The fourth-order valence-corrected chi connectivity index (χ4v) is 3.22. The van der Waals surface area contributed by atoms with Crippen LogP contribution in [0.1, 0.15) is 24.8 Å². The summed E-state index contributed by atoms with van der Waals surface area (Å²) >= 11 is 1.41. The Balaban J connectivity index is 1.48. The Morgan fingerprint density at radius 2 is 2.33 bits per heavy atom. The van der Waals surface area contributed by atoms with Crippen molar-refractivity contribution in [3.8, 4) is 17.1 Å². The van der Waals surface area contributed by atoms with Crippen molar-refractivity contribution in [3.63, 3.8) is 0 Å². The zero-order valence-electron chi connectivity index (χ0n) is 12.9. The first-order valence-electron chi connectivity index (χ1n) is 7.51. The molecule has 9 heteroatoms. The molecule has 24 heavy (non-hydrogen) atoms. The quantitative estimate of drug-likeness (QED) is 0.684. The third-order valence-electron chi connectivity index (χ3n) is 3.70. The Bertz CT molecular complexity index is 912. The van der Waals surface area contributed by atoms with Crippen LogP contribution in [0.25, 0.3) is 11.4 Å². The van der Waals surface area contributed by atoms with Gasteiger partial charge in [-0.15, -0.1) is 5.10 Å². The van der Waals surface area contributed by atoms with Crippen LogP contribution in [-0.2, 0) is 5.75 Å². The molecule has 0 unspecified atom stereocenters. The molecular formula is C15H15N5O3S. The molecule has 2 aromatic heterocycles. The van der Waals surface area contributed by atoms with Gasteiger partial charge in [-0.1, -0.05) is 29.1 Å². The normalized spacial score (nSPS) is 14.0. The first-order valence-corrected chi connectivity index (χ1v) is 8.50. The molecule has 3 aromatic rings. The zero-order chi connectivity index (χ0) is 16.5. The predicted octanol–water partition coefficient (Wildman–Crippen LogP) is 2.26. The molecule has 0 radical (unpaired) electrons. The monoisotopic (exact) mass is 345 g/mol. The van der Waals surface area contributed by atoms with Crippen molar-refractivity contribution in [2.24, 2.45) is 0 Å². The van der Waals surface area contributed by atoms with Crippen molar-refractivity contribution in [2.75, 3.05) is 7.11 Å². The van der Waals surface area contributed by atoms with Crippen molar-refractivity contribution in [1.29, 1.82) is 0 Å². The molecule has 1 saturated carbocycles. The van der Waals surface area contributed by atoms with Gasteiger partial charge < -0.3 is 9.26 Å². The molecule has 1 aliphatic carbocycles. The second-order valence-corrected chi connectivity index (χ2v) is 6.39. The lowest BCUT2D eigenvalue weighted by Crippen LogP contribution is -2.16. The van der Waals surface area contributed by atoms with E-state index in [1.807, 2.05) is 24.3 Å². The molecular weight excluding hydrogens is 330 g/mol. The molecule has 4 rings (SSSR count). The van der Waals surface area contributed by atoms with E-state index in [4.69, 9.17) is 9.26 Å². The fourth-order valence-electron chi connectivity index (χ4n) is 2.37. The van der Waals surface area contributed by atoms with Gasteiger partial charge in [0.15, 0.2) is 5.16 Å². The first-order chi connectivity index (χ1) is 11.7. The molecule has 0 spiro atoms. The largest absolute Gasteiger partial charge is 0.497 e. The molecule has 1 N–H and O–H groups in total. The van der Waals surface area contributed by atoms with Crippen molar-refractivity contribution < 1.29 is 9.26 Å². The van der Waals surface area contributed by atoms with Crippen LogP contribution >= 0.6 is 11.8 Å². The Labute approximate surface area is 141 Å². The van der Waals surface area contributed by atoms with Crippen LogP contribution in [0.15, 0.2) is 38.7 Å². The number of hydrogen-bond acceptors (Lipinski definition) is 7. The SMILES string of the molecule is COc1cccc(-c2noc(CSc3n[nH]c(=O)n3C3CC3)n2)c1. The lowest BCUT2D eigenvalue weighted by Gasteiger charge is -2.00. The number of aromatic amines is 1. The highest BCUT2D eigenvalue weighted by molar-refractivity contribution is 7.98. The Kier molecular flexibility index (Phi) is 3.85. The van der Waals surface area contributed by atoms with Crippen molar-refractivity contribution in [3.05, 3.63) is 40.6 Å². The second-order valence-electron chi connectivity index (χ2n) is 5.44. The van der Waals surface area contributed by atoms with E-state index >= 15 is 0 Å². The highest BCUT2D eigenvalue weighted by Gasteiger charge is 2.28. The minimum absolute atomic E-state index is 0.164. The lowest BCUT2D eigenvalue weighted by molar-refractivity contribution is 0.391. The molecule has 0 saturated heterocycles. The van der Waals surface area contributed by atoms with E-state index in [0.29, 0.717) is 22.6 Å². The number of aromatic nitrogens is 5. The number of methoxy groups -OCH3 is 1. The smallest absolute Gasteiger partial charge is 0.344 e. The highest BCUT2D eigenvalue weighted by Crippen LogP contribution is 2.36. The Morgan fingerprint density at radius 1 is 1.46 bits per heavy atom. The van der Waals surface area contributed by atoms with Gasteiger partial charge in [-0.25, -0.2) is 9.89 Å². The van der Waals surface area contributed by atoms with Crippen LogP contribution in [-0.4, -0.2) is 32.0 Å². The molecule has 1 fully saturated rings. The van der Waals surface area contributed by atoms with Gasteiger partial charge in [-0.3, -0.25) is 4.57 Å². The van der Waals surface area contributed by atoms with E-state index in [2.05, 4.69) is 20.3 Å². The number of ether oxygens (including phenoxy) is 1. The topological polar surface area (TPSA) is 98.8 Å². The summed E-state index contributed by atoms with van der Waals surface area (Å²) in [7, 11) is 1.61. The molecule has 0 aliphatic heterocycles. The van der Waals surface area contributed by atoms with Crippen molar-refractivity contribution >= 4 is 11.8 Å². The molecule has 1 aliphatic rings. The van der Waals surface area contributed by atoms with Crippen LogP contribution in [0.3, 0.4) is 0 Å². The summed E-state index contributed by atoms with van der Waals surface area (Å²) in [5, 5.41) is 11.2. The average molecular weight is 345 g/mol. The molecule has 0 atom stereocenters. The van der Waals surface area contributed by atoms with Gasteiger partial charge in [0.05, 0.1) is 12.9 Å². The number of thioether (sulfide) groups is 1. The molecule has 1 aromatic carbocycles. The van der Waals surface area contributed by atoms with Gasteiger partial charge in [0.25, 0.3) is 0 Å². The van der Waals surface area contributed by atoms with E-state index in [9.17, 15) is 4.79 Å². The van der Waals surface area contributed by atoms with E-state index in [1.54, 1.807) is 11.7 Å². The maximum atomic E-state index is 11.8. The summed E-state index contributed by atoms with van der Waals surface area (Å²) in [4.78, 5) is 16.1. The van der Waals surface area contributed by atoms with E-state index in [-0.39, 0.29) is 11.7 Å². The maximum Gasteiger partial charge on any atom is 0.344 e. The first kappa shape index (κ1) is 15.0. The van der Waals surface area contributed by atoms with Gasteiger partial charge in [0, 0.05) is 11.6 Å². The number of nitrogens with zero attached hydrogens (tertiary/aromatic N) is 4. The summed E-state index contributed by atoms with van der Waals surface area (Å²) in [5.41, 5.74) is 0.659. The molecule has 8 nitrogen and oxygen atoms in total. The number of benzene rings is 1. The maximum absolute atomic E-state index is 11.8. The number of hydrogen-bond donors (Lipinski definition) is 1. The number of nitrogens with one attached hydrogen (secondary N) is 1. The Hall–Kier alpha value is -2.55. The highest BCUT2D eigenvalue weighted by atomic mass is 32.2. The van der Waals surface area contributed by atoms with Crippen molar-refractivity contribution in [2.45, 2.75) is 29.8 Å². The van der Waals surface area contributed by atoms with Crippen LogP contribution in [0.2, 0.25) is 0 Å². The third kappa shape index (κ3) is 2.94. The average Bonchev–Trinajstić information content (AvgIpc) is 3.21. The van der Waals surface area contributed by atoms with E-state index in [1.165, 1.54) is 11.8 Å². The molecule has 0 amide bonds. The van der Waals surface area contributed by atoms with Crippen LogP contribution in [0, 0.1) is 0 Å². The number of H-pyrrole nitrogens is 1. The zero-order valence-corrected chi connectivity index (χ0v) is 13.7. The minimum atomic E-state index is -0.164. The van der Waals surface area contributed by atoms with Gasteiger partial charge >= 0.3 is 5.69 Å². The minimum Gasteiger partial charge on any atom is -0.497 e. The van der Waals surface area contributed by atoms with Gasteiger partial charge in [0.2, 0.25) is 11.7 Å². The third-order valence-corrected chi connectivity index (χ3v) is 4.64. The predicted molar refractivity (Wildman–Crippen MR) is 87.0 cm³/mol. The Morgan fingerprint density at radius 3 is 3.12 bits per heavy atom. The van der Waals surface area contributed by atoms with Gasteiger partial charge in [0.1, 0.15) is 5.75 Å². The summed E-state index contributed by atoms with van der Waals surface area (Å²) in [6.45, 7) is 0. The van der Waals surface area contributed by atoms with Crippen LogP contribution in [0.4, 0.5) is 0 Å². The molecule has 124 valence electrons. The van der Waals surface area contributed by atoms with E-state index < -0.39 is 0 Å². The van der Waals surface area contributed by atoms with Gasteiger partial charge in [-0.2, -0.15) is 4.98 Å². The summed E-state index contributed by atoms with van der Waals surface area (Å²) in [5.74, 6) is 2.17.